The number of nitrogens with two attached hydrogens (primary N) is 1. The summed E-state index contributed by atoms with van der Waals surface area (Å²) in [5.74, 6) is 0. The van der Waals surface area contributed by atoms with E-state index in [2.05, 4.69) is 51.4 Å². The first kappa shape index (κ1) is 13.9. The fraction of sp³-hybridized carbons (Fsp3) is 0.118. The zero-order chi connectivity index (χ0) is 14.8. The van der Waals surface area contributed by atoms with Gasteiger partial charge in [-0.05, 0) is 52.2 Å². The summed E-state index contributed by atoms with van der Waals surface area (Å²) in [6.07, 6.45) is 2.77. The third-order valence-electron chi connectivity index (χ3n) is 3.52. The Morgan fingerprint density at radius 2 is 1.95 bits per heavy atom. The van der Waals surface area contributed by atoms with Crippen molar-refractivity contribution >= 4 is 43.9 Å². The number of nitrogens with one attached hydrogen (secondary N) is 1. The molecule has 3 rings (SSSR count). The van der Waals surface area contributed by atoms with Gasteiger partial charge in [0.1, 0.15) is 0 Å². The Morgan fingerprint density at radius 1 is 1.14 bits per heavy atom. The van der Waals surface area contributed by atoms with Crippen LogP contribution in [-0.2, 0) is 6.42 Å². The minimum atomic E-state index is 0.730. The van der Waals surface area contributed by atoms with Crippen molar-refractivity contribution in [2.75, 3.05) is 11.1 Å². The van der Waals surface area contributed by atoms with Crippen molar-refractivity contribution in [1.82, 2.24) is 4.98 Å². The van der Waals surface area contributed by atoms with E-state index in [4.69, 9.17) is 5.73 Å². The van der Waals surface area contributed by atoms with Crippen LogP contribution in [0.1, 0.15) is 12.5 Å². The number of fused-ring (bicyclic) bond motifs is 1. The molecule has 0 spiro atoms. The van der Waals surface area contributed by atoms with Crippen LogP contribution in [0.4, 0.5) is 17.1 Å². The molecule has 1 heterocycles. The molecule has 1 aromatic heterocycles. The highest BCUT2D eigenvalue weighted by Gasteiger charge is 2.08. The van der Waals surface area contributed by atoms with Crippen molar-refractivity contribution in [1.29, 1.82) is 0 Å². The molecule has 106 valence electrons. The molecule has 0 fully saturated rings. The zero-order valence-corrected chi connectivity index (χ0v) is 13.3. The Bertz CT molecular complexity index is 799. The van der Waals surface area contributed by atoms with Gasteiger partial charge in [0, 0.05) is 27.4 Å². The molecule has 0 aliphatic rings. The molecule has 0 saturated heterocycles. The van der Waals surface area contributed by atoms with Crippen LogP contribution in [0.3, 0.4) is 0 Å². The SMILES string of the molecule is CCc1ccccc1Nc1ccc(N)c2cc(Br)cnc12. The summed E-state index contributed by atoms with van der Waals surface area (Å²) in [5, 5.41) is 4.43. The van der Waals surface area contributed by atoms with Crippen LogP contribution in [0.2, 0.25) is 0 Å². The van der Waals surface area contributed by atoms with Crippen LogP contribution in [0.15, 0.2) is 53.1 Å². The van der Waals surface area contributed by atoms with Crippen LogP contribution in [0, 0.1) is 0 Å². The molecule has 0 aliphatic carbocycles. The van der Waals surface area contributed by atoms with Gasteiger partial charge in [0.15, 0.2) is 0 Å². The summed E-state index contributed by atoms with van der Waals surface area (Å²) in [7, 11) is 0. The van der Waals surface area contributed by atoms with Crippen molar-refractivity contribution in [3.05, 3.63) is 58.7 Å². The smallest absolute Gasteiger partial charge is 0.0958 e. The Kier molecular flexibility index (Phi) is 3.80. The minimum Gasteiger partial charge on any atom is -0.398 e. The highest BCUT2D eigenvalue weighted by molar-refractivity contribution is 9.10. The average Bonchev–Trinajstić information content (AvgIpc) is 2.51. The number of anilines is 3. The van der Waals surface area contributed by atoms with Crippen molar-refractivity contribution in [3.8, 4) is 0 Å². The number of para-hydroxylation sites is 1. The van der Waals surface area contributed by atoms with Gasteiger partial charge in [0.2, 0.25) is 0 Å². The van der Waals surface area contributed by atoms with Gasteiger partial charge in [-0.15, -0.1) is 0 Å². The third-order valence-corrected chi connectivity index (χ3v) is 3.95. The fourth-order valence-electron chi connectivity index (χ4n) is 2.41. The molecule has 0 atom stereocenters. The maximum atomic E-state index is 6.05. The monoisotopic (exact) mass is 341 g/mol. The second-order valence-corrected chi connectivity index (χ2v) is 5.80. The maximum Gasteiger partial charge on any atom is 0.0958 e. The van der Waals surface area contributed by atoms with Gasteiger partial charge < -0.3 is 11.1 Å². The lowest BCUT2D eigenvalue weighted by Gasteiger charge is -2.13. The highest BCUT2D eigenvalue weighted by Crippen LogP contribution is 2.31. The van der Waals surface area contributed by atoms with Crippen LogP contribution < -0.4 is 11.1 Å². The van der Waals surface area contributed by atoms with Crippen LogP contribution in [0.5, 0.6) is 0 Å². The molecule has 0 bridgehead atoms. The summed E-state index contributed by atoms with van der Waals surface area (Å²) in [4.78, 5) is 4.50. The lowest BCUT2D eigenvalue weighted by atomic mass is 10.1. The van der Waals surface area contributed by atoms with Gasteiger partial charge in [-0.3, -0.25) is 4.98 Å². The van der Waals surface area contributed by atoms with E-state index in [1.165, 1.54) is 5.56 Å². The van der Waals surface area contributed by atoms with Gasteiger partial charge in [0.05, 0.1) is 11.2 Å². The number of benzene rings is 2. The number of nitrogen functional groups attached to an aromatic ring is 1. The number of aryl methyl sites for hydroxylation is 1. The standard InChI is InChI=1S/C17H16BrN3/c1-2-11-5-3-4-6-15(11)21-16-8-7-14(19)13-9-12(18)10-20-17(13)16/h3-10,21H,2,19H2,1H3. The quantitative estimate of drug-likeness (QED) is 0.667. The Labute approximate surface area is 132 Å². The van der Waals surface area contributed by atoms with Crippen molar-refractivity contribution < 1.29 is 0 Å². The maximum absolute atomic E-state index is 6.05. The van der Waals surface area contributed by atoms with Gasteiger partial charge in [-0.1, -0.05) is 25.1 Å². The fourth-order valence-corrected chi connectivity index (χ4v) is 2.74. The molecule has 3 nitrogen and oxygen atoms in total. The molecule has 0 saturated carbocycles. The number of pyridine rings is 1. The molecule has 21 heavy (non-hydrogen) atoms. The lowest BCUT2D eigenvalue weighted by molar-refractivity contribution is 1.14. The van der Waals surface area contributed by atoms with Gasteiger partial charge in [-0.2, -0.15) is 0 Å². The number of hydrogen-bond acceptors (Lipinski definition) is 3. The first-order valence-corrected chi connectivity index (χ1v) is 7.67. The lowest BCUT2D eigenvalue weighted by Crippen LogP contribution is -1.98. The zero-order valence-electron chi connectivity index (χ0n) is 11.7. The van der Waals surface area contributed by atoms with E-state index < -0.39 is 0 Å². The van der Waals surface area contributed by atoms with E-state index in [0.717, 1.165) is 38.9 Å². The molecule has 0 aliphatic heterocycles. The first-order valence-electron chi connectivity index (χ1n) is 6.87. The van der Waals surface area contributed by atoms with E-state index in [-0.39, 0.29) is 0 Å². The Balaban J connectivity index is 2.11. The average molecular weight is 342 g/mol. The largest absolute Gasteiger partial charge is 0.398 e. The molecule has 4 heteroatoms. The van der Waals surface area contributed by atoms with Crippen LogP contribution in [0.25, 0.3) is 10.9 Å². The number of halogens is 1. The molecule has 0 unspecified atom stereocenters. The summed E-state index contributed by atoms with van der Waals surface area (Å²) >= 11 is 3.44. The molecule has 3 N–H and O–H groups in total. The summed E-state index contributed by atoms with van der Waals surface area (Å²) in [6, 6.07) is 14.2. The van der Waals surface area contributed by atoms with Gasteiger partial charge >= 0.3 is 0 Å². The van der Waals surface area contributed by atoms with E-state index >= 15 is 0 Å². The van der Waals surface area contributed by atoms with E-state index in [9.17, 15) is 0 Å². The van der Waals surface area contributed by atoms with E-state index in [1.807, 2.05) is 24.3 Å². The molecule has 3 aromatic rings. The predicted octanol–water partition coefficient (Wildman–Crippen LogP) is 4.89. The molecular weight excluding hydrogens is 326 g/mol. The van der Waals surface area contributed by atoms with Crippen LogP contribution >= 0.6 is 15.9 Å². The number of aromatic nitrogens is 1. The second-order valence-electron chi connectivity index (χ2n) is 4.89. The second kappa shape index (κ2) is 5.74. The first-order chi connectivity index (χ1) is 10.2. The molecule has 0 amide bonds. The van der Waals surface area contributed by atoms with Crippen LogP contribution in [-0.4, -0.2) is 4.98 Å². The van der Waals surface area contributed by atoms with Crippen molar-refractivity contribution in [2.45, 2.75) is 13.3 Å². The summed E-state index contributed by atoms with van der Waals surface area (Å²) in [6.45, 7) is 2.15. The Morgan fingerprint density at radius 3 is 2.76 bits per heavy atom. The van der Waals surface area contributed by atoms with Gasteiger partial charge in [-0.25, -0.2) is 0 Å². The topological polar surface area (TPSA) is 50.9 Å². The van der Waals surface area contributed by atoms with Gasteiger partial charge in [0.25, 0.3) is 0 Å². The minimum absolute atomic E-state index is 0.730. The van der Waals surface area contributed by atoms with E-state index in [0.29, 0.717) is 0 Å². The highest BCUT2D eigenvalue weighted by atomic mass is 79.9. The third kappa shape index (κ3) is 2.72. The van der Waals surface area contributed by atoms with E-state index in [1.54, 1.807) is 6.20 Å². The molecule has 2 aromatic carbocycles. The number of rotatable bonds is 3. The summed E-state index contributed by atoms with van der Waals surface area (Å²) in [5.41, 5.74) is 11.0. The molecular formula is C17H16BrN3. The summed E-state index contributed by atoms with van der Waals surface area (Å²) < 4.78 is 0.924. The molecule has 0 radical (unpaired) electrons. The predicted molar refractivity (Wildman–Crippen MR) is 93.0 cm³/mol. The number of hydrogen-bond donors (Lipinski definition) is 2. The van der Waals surface area contributed by atoms with Crippen molar-refractivity contribution in [2.24, 2.45) is 0 Å². The Hall–Kier alpha value is -2.07. The van der Waals surface area contributed by atoms with Crippen molar-refractivity contribution in [3.63, 3.8) is 0 Å². The number of nitrogens with zero attached hydrogens (tertiary/aromatic N) is 1. The normalized spacial score (nSPS) is 10.8.